The molecule has 0 bridgehead atoms. The molecule has 3 aromatic rings. The van der Waals surface area contributed by atoms with Crippen LogP contribution in [0.5, 0.6) is 0 Å². The zero-order chi connectivity index (χ0) is 17.6. The molecule has 0 aliphatic rings. The molecule has 0 aliphatic carbocycles. The standard InChI is InChI=1S/C19H21N3O2S/c1-14-4-6-16(7-5-14)19-17(25-15(2)21-19)12-18(23)24-11-3-9-22-10-8-20-13-22/h4-8,10,13H,3,9,11-12H2,1-2H3. The lowest BCUT2D eigenvalue weighted by Crippen LogP contribution is -2.10. The Hall–Kier alpha value is -2.47. The molecule has 2 heterocycles. The molecule has 2 aromatic heterocycles. The van der Waals surface area contributed by atoms with Crippen molar-refractivity contribution in [2.24, 2.45) is 0 Å². The summed E-state index contributed by atoms with van der Waals surface area (Å²) in [6.45, 7) is 5.22. The number of imidazole rings is 1. The lowest BCUT2D eigenvalue weighted by atomic mass is 10.1. The molecule has 0 saturated carbocycles. The molecule has 0 aliphatic heterocycles. The average molecular weight is 355 g/mol. The van der Waals surface area contributed by atoms with Gasteiger partial charge in [-0.05, 0) is 20.3 Å². The van der Waals surface area contributed by atoms with Crippen LogP contribution in [0.25, 0.3) is 11.3 Å². The third-order valence-electron chi connectivity index (χ3n) is 3.82. The van der Waals surface area contributed by atoms with Crippen LogP contribution in [0, 0.1) is 13.8 Å². The Morgan fingerprint density at radius 2 is 2.04 bits per heavy atom. The van der Waals surface area contributed by atoms with Crippen molar-refractivity contribution in [3.63, 3.8) is 0 Å². The van der Waals surface area contributed by atoms with E-state index in [2.05, 4.69) is 29.0 Å². The number of esters is 1. The minimum Gasteiger partial charge on any atom is -0.465 e. The summed E-state index contributed by atoms with van der Waals surface area (Å²) in [4.78, 5) is 21.7. The molecule has 0 atom stereocenters. The zero-order valence-corrected chi connectivity index (χ0v) is 15.3. The Kier molecular flexibility index (Phi) is 5.60. The minimum absolute atomic E-state index is 0.206. The van der Waals surface area contributed by atoms with E-state index in [0.29, 0.717) is 6.61 Å². The second kappa shape index (κ2) is 8.07. The van der Waals surface area contributed by atoms with Gasteiger partial charge < -0.3 is 9.30 Å². The maximum atomic E-state index is 12.2. The first-order valence-electron chi connectivity index (χ1n) is 8.26. The van der Waals surface area contributed by atoms with Crippen LogP contribution < -0.4 is 0 Å². The topological polar surface area (TPSA) is 57.0 Å². The molecule has 130 valence electrons. The predicted octanol–water partition coefficient (Wildman–Crippen LogP) is 3.80. The maximum Gasteiger partial charge on any atom is 0.311 e. The van der Waals surface area contributed by atoms with Gasteiger partial charge in [0.1, 0.15) is 0 Å². The van der Waals surface area contributed by atoms with E-state index in [4.69, 9.17) is 4.74 Å². The normalized spacial score (nSPS) is 10.8. The van der Waals surface area contributed by atoms with Gasteiger partial charge in [-0.1, -0.05) is 29.8 Å². The van der Waals surface area contributed by atoms with Crippen molar-refractivity contribution in [3.05, 3.63) is 58.4 Å². The second-order valence-corrected chi connectivity index (χ2v) is 7.21. The van der Waals surface area contributed by atoms with Crippen molar-refractivity contribution in [2.75, 3.05) is 6.61 Å². The number of hydrogen-bond acceptors (Lipinski definition) is 5. The summed E-state index contributed by atoms with van der Waals surface area (Å²) in [5.74, 6) is -0.206. The number of benzene rings is 1. The molecular formula is C19H21N3O2S. The van der Waals surface area contributed by atoms with E-state index in [1.54, 1.807) is 23.9 Å². The van der Waals surface area contributed by atoms with Gasteiger partial charge in [0.25, 0.3) is 0 Å². The van der Waals surface area contributed by atoms with Crippen LogP contribution in [0.2, 0.25) is 0 Å². The van der Waals surface area contributed by atoms with Gasteiger partial charge in [-0.15, -0.1) is 11.3 Å². The Labute approximate surface area is 151 Å². The third kappa shape index (κ3) is 4.76. The summed E-state index contributed by atoms with van der Waals surface area (Å²) in [5.41, 5.74) is 3.13. The molecule has 1 aromatic carbocycles. The van der Waals surface area contributed by atoms with Gasteiger partial charge in [-0.25, -0.2) is 9.97 Å². The number of carbonyl (C=O) groups is 1. The predicted molar refractivity (Wildman–Crippen MR) is 98.5 cm³/mol. The van der Waals surface area contributed by atoms with Gasteiger partial charge in [0.2, 0.25) is 0 Å². The number of ether oxygens (including phenoxy) is 1. The molecule has 5 nitrogen and oxygen atoms in total. The van der Waals surface area contributed by atoms with Crippen molar-refractivity contribution in [3.8, 4) is 11.3 Å². The van der Waals surface area contributed by atoms with Gasteiger partial charge in [-0.3, -0.25) is 4.79 Å². The van der Waals surface area contributed by atoms with Gasteiger partial charge in [0.15, 0.2) is 0 Å². The van der Waals surface area contributed by atoms with Crippen molar-refractivity contribution >= 4 is 17.3 Å². The minimum atomic E-state index is -0.206. The molecule has 0 spiro atoms. The highest BCUT2D eigenvalue weighted by Crippen LogP contribution is 2.29. The fourth-order valence-corrected chi connectivity index (χ4v) is 3.50. The fourth-order valence-electron chi connectivity index (χ4n) is 2.56. The van der Waals surface area contributed by atoms with E-state index in [9.17, 15) is 4.79 Å². The Morgan fingerprint density at radius 1 is 1.24 bits per heavy atom. The highest BCUT2D eigenvalue weighted by Gasteiger charge is 2.15. The maximum absolute atomic E-state index is 12.2. The molecule has 0 fully saturated rings. The van der Waals surface area contributed by atoms with Crippen molar-refractivity contribution in [2.45, 2.75) is 33.2 Å². The summed E-state index contributed by atoms with van der Waals surface area (Å²) >= 11 is 1.55. The first-order chi connectivity index (χ1) is 12.1. The number of thiazole rings is 1. The Bertz CT molecular complexity index is 823. The third-order valence-corrected chi connectivity index (χ3v) is 4.79. The largest absolute Gasteiger partial charge is 0.465 e. The van der Waals surface area contributed by atoms with E-state index in [1.807, 2.05) is 29.8 Å². The molecule has 6 heteroatoms. The number of aryl methyl sites for hydroxylation is 3. The number of rotatable bonds is 7. The van der Waals surface area contributed by atoms with Crippen LogP contribution in [-0.4, -0.2) is 27.1 Å². The summed E-state index contributed by atoms with van der Waals surface area (Å²) in [6, 6.07) is 8.21. The molecule has 3 rings (SSSR count). The van der Waals surface area contributed by atoms with Crippen LogP contribution in [-0.2, 0) is 22.5 Å². The molecule has 0 radical (unpaired) electrons. The van der Waals surface area contributed by atoms with Crippen LogP contribution in [0.3, 0.4) is 0 Å². The van der Waals surface area contributed by atoms with Gasteiger partial charge in [0, 0.05) is 29.4 Å². The molecule has 0 N–H and O–H groups in total. The number of carbonyl (C=O) groups excluding carboxylic acids is 1. The quantitative estimate of drug-likeness (QED) is 0.478. The first-order valence-corrected chi connectivity index (χ1v) is 9.08. The van der Waals surface area contributed by atoms with Gasteiger partial charge in [0.05, 0.1) is 30.1 Å². The van der Waals surface area contributed by atoms with Crippen LogP contribution in [0.15, 0.2) is 43.0 Å². The van der Waals surface area contributed by atoms with Gasteiger partial charge in [-0.2, -0.15) is 0 Å². The van der Waals surface area contributed by atoms with E-state index < -0.39 is 0 Å². The van der Waals surface area contributed by atoms with Crippen molar-refractivity contribution < 1.29 is 9.53 Å². The number of hydrogen-bond donors (Lipinski definition) is 0. The van der Waals surface area contributed by atoms with Crippen LogP contribution in [0.4, 0.5) is 0 Å². The Morgan fingerprint density at radius 3 is 2.76 bits per heavy atom. The van der Waals surface area contributed by atoms with Crippen LogP contribution in [0.1, 0.15) is 21.9 Å². The van der Waals surface area contributed by atoms with Gasteiger partial charge >= 0.3 is 5.97 Å². The molecule has 0 saturated heterocycles. The molecular weight excluding hydrogens is 334 g/mol. The lowest BCUT2D eigenvalue weighted by Gasteiger charge is -2.06. The smallest absolute Gasteiger partial charge is 0.311 e. The summed E-state index contributed by atoms with van der Waals surface area (Å²) in [6.07, 6.45) is 6.44. The van der Waals surface area contributed by atoms with E-state index in [-0.39, 0.29) is 12.4 Å². The van der Waals surface area contributed by atoms with Crippen molar-refractivity contribution in [1.29, 1.82) is 0 Å². The van der Waals surface area contributed by atoms with Crippen molar-refractivity contribution in [1.82, 2.24) is 14.5 Å². The second-order valence-electron chi connectivity index (χ2n) is 5.92. The first kappa shape index (κ1) is 17.4. The molecule has 0 amide bonds. The van der Waals surface area contributed by atoms with E-state index in [0.717, 1.165) is 34.1 Å². The highest BCUT2D eigenvalue weighted by atomic mass is 32.1. The lowest BCUT2D eigenvalue weighted by molar-refractivity contribution is -0.142. The number of aromatic nitrogens is 3. The number of nitrogens with zero attached hydrogens (tertiary/aromatic N) is 3. The zero-order valence-electron chi connectivity index (χ0n) is 14.4. The fraction of sp³-hybridized carbons (Fsp3) is 0.316. The highest BCUT2D eigenvalue weighted by molar-refractivity contribution is 7.12. The SMILES string of the molecule is Cc1ccc(-c2nc(C)sc2CC(=O)OCCCn2ccnc2)cc1. The summed E-state index contributed by atoms with van der Waals surface area (Å²) in [7, 11) is 0. The monoisotopic (exact) mass is 355 g/mol. The average Bonchev–Trinajstić information content (AvgIpc) is 3.22. The summed E-state index contributed by atoms with van der Waals surface area (Å²) in [5, 5.41) is 0.957. The van der Waals surface area contributed by atoms with Crippen LogP contribution >= 0.6 is 11.3 Å². The Balaban J connectivity index is 1.56. The summed E-state index contributed by atoms with van der Waals surface area (Å²) < 4.78 is 7.34. The van der Waals surface area contributed by atoms with E-state index in [1.165, 1.54) is 5.56 Å². The molecule has 0 unspecified atom stereocenters. The molecule has 25 heavy (non-hydrogen) atoms. The van der Waals surface area contributed by atoms with E-state index >= 15 is 0 Å².